The first-order chi connectivity index (χ1) is 7.95. The summed E-state index contributed by atoms with van der Waals surface area (Å²) in [5.74, 6) is 1.01. The lowest BCUT2D eigenvalue weighted by atomic mass is 10.4. The molecular weight excluding hydrogens is 236 g/mol. The molecule has 1 nitrogen and oxygen atoms in total. The van der Waals surface area contributed by atoms with E-state index in [1.165, 1.54) is 9.77 Å². The topological polar surface area (TPSA) is 9.23 Å². The minimum absolute atomic E-state index is 0.743. The summed E-state index contributed by atoms with van der Waals surface area (Å²) >= 11 is 3.58. The van der Waals surface area contributed by atoms with Crippen LogP contribution in [0.15, 0.2) is 52.7 Å². The highest BCUT2D eigenvalue weighted by Crippen LogP contribution is 2.16. The SMILES string of the molecule is c1ccc(SCCOCc2cccs2)cc1. The van der Waals surface area contributed by atoms with E-state index in [0.717, 1.165) is 19.0 Å². The van der Waals surface area contributed by atoms with Crippen molar-refractivity contribution in [3.63, 3.8) is 0 Å². The number of rotatable bonds is 6. The van der Waals surface area contributed by atoms with Gasteiger partial charge < -0.3 is 4.74 Å². The largest absolute Gasteiger partial charge is 0.375 e. The highest BCUT2D eigenvalue weighted by atomic mass is 32.2. The molecule has 1 heterocycles. The molecule has 2 aromatic rings. The van der Waals surface area contributed by atoms with Crippen molar-refractivity contribution in [3.05, 3.63) is 52.7 Å². The second-order valence-electron chi connectivity index (χ2n) is 3.29. The van der Waals surface area contributed by atoms with Gasteiger partial charge in [-0.2, -0.15) is 0 Å². The van der Waals surface area contributed by atoms with Crippen LogP contribution in [0.3, 0.4) is 0 Å². The second kappa shape index (κ2) is 6.74. The van der Waals surface area contributed by atoms with Crippen LogP contribution < -0.4 is 0 Å². The van der Waals surface area contributed by atoms with E-state index in [2.05, 4.69) is 41.8 Å². The van der Waals surface area contributed by atoms with E-state index in [9.17, 15) is 0 Å². The molecule has 0 saturated carbocycles. The van der Waals surface area contributed by atoms with Crippen LogP contribution >= 0.6 is 23.1 Å². The monoisotopic (exact) mass is 250 g/mol. The van der Waals surface area contributed by atoms with Gasteiger partial charge in [0.15, 0.2) is 0 Å². The van der Waals surface area contributed by atoms with E-state index in [4.69, 9.17) is 4.74 Å². The quantitative estimate of drug-likeness (QED) is 0.565. The van der Waals surface area contributed by atoms with Crippen LogP contribution in [0.2, 0.25) is 0 Å². The molecule has 2 rings (SSSR count). The maximum atomic E-state index is 5.59. The van der Waals surface area contributed by atoms with Crippen LogP contribution in [0.1, 0.15) is 4.88 Å². The van der Waals surface area contributed by atoms with Crippen molar-refractivity contribution in [1.29, 1.82) is 0 Å². The third-order valence-electron chi connectivity index (χ3n) is 2.06. The van der Waals surface area contributed by atoms with Crippen LogP contribution in [-0.4, -0.2) is 12.4 Å². The molecule has 0 radical (unpaired) electrons. The number of ether oxygens (including phenoxy) is 1. The molecule has 3 heteroatoms. The maximum Gasteiger partial charge on any atom is 0.0809 e. The third-order valence-corrected chi connectivity index (χ3v) is 3.89. The van der Waals surface area contributed by atoms with Gasteiger partial charge in [-0.3, -0.25) is 0 Å². The van der Waals surface area contributed by atoms with E-state index >= 15 is 0 Å². The van der Waals surface area contributed by atoms with Crippen molar-refractivity contribution in [1.82, 2.24) is 0 Å². The number of hydrogen-bond acceptors (Lipinski definition) is 3. The number of benzene rings is 1. The Bertz CT molecular complexity index is 384. The fourth-order valence-electron chi connectivity index (χ4n) is 1.30. The Morgan fingerprint density at radius 1 is 1.06 bits per heavy atom. The van der Waals surface area contributed by atoms with E-state index < -0.39 is 0 Å². The van der Waals surface area contributed by atoms with Crippen LogP contribution in [0.5, 0.6) is 0 Å². The van der Waals surface area contributed by atoms with E-state index in [1.54, 1.807) is 11.3 Å². The predicted molar refractivity (Wildman–Crippen MR) is 71.1 cm³/mol. The van der Waals surface area contributed by atoms with Crippen LogP contribution in [0.4, 0.5) is 0 Å². The zero-order valence-electron chi connectivity index (χ0n) is 8.96. The Kier molecular flexibility index (Phi) is 4.93. The predicted octanol–water partition coefficient (Wildman–Crippen LogP) is 4.06. The number of thiophene rings is 1. The lowest BCUT2D eigenvalue weighted by molar-refractivity contribution is 0.139. The van der Waals surface area contributed by atoms with Crippen molar-refractivity contribution in [3.8, 4) is 0 Å². The van der Waals surface area contributed by atoms with Gasteiger partial charge in [0.1, 0.15) is 0 Å². The highest BCUT2D eigenvalue weighted by molar-refractivity contribution is 7.99. The summed E-state index contributed by atoms with van der Waals surface area (Å²) < 4.78 is 5.59. The first kappa shape index (κ1) is 11.7. The van der Waals surface area contributed by atoms with E-state index in [-0.39, 0.29) is 0 Å². The Morgan fingerprint density at radius 2 is 1.94 bits per heavy atom. The molecule has 0 amide bonds. The molecule has 0 spiro atoms. The molecule has 0 aliphatic carbocycles. The van der Waals surface area contributed by atoms with Gasteiger partial charge in [-0.25, -0.2) is 0 Å². The molecule has 84 valence electrons. The number of hydrogen-bond donors (Lipinski definition) is 0. The first-order valence-corrected chi connectivity index (χ1v) is 7.09. The van der Waals surface area contributed by atoms with Gasteiger partial charge in [-0.15, -0.1) is 23.1 Å². The van der Waals surface area contributed by atoms with Crippen molar-refractivity contribution < 1.29 is 4.74 Å². The summed E-state index contributed by atoms with van der Waals surface area (Å²) in [5.41, 5.74) is 0. The van der Waals surface area contributed by atoms with Crippen LogP contribution in [-0.2, 0) is 11.3 Å². The molecule has 0 aliphatic rings. The molecule has 0 N–H and O–H groups in total. The lowest BCUT2D eigenvalue weighted by Crippen LogP contribution is -1.96. The standard InChI is InChI=1S/C13H14OS2/c1-2-5-12(6-3-1)16-10-8-14-11-13-7-4-9-15-13/h1-7,9H,8,10-11H2. The molecule has 0 bridgehead atoms. The highest BCUT2D eigenvalue weighted by Gasteiger charge is 1.95. The van der Waals surface area contributed by atoms with Crippen molar-refractivity contribution in [2.24, 2.45) is 0 Å². The average Bonchev–Trinajstić information content (AvgIpc) is 2.83. The first-order valence-electron chi connectivity index (χ1n) is 5.23. The molecule has 0 unspecified atom stereocenters. The fraction of sp³-hybridized carbons (Fsp3) is 0.231. The smallest absolute Gasteiger partial charge is 0.0809 e. The zero-order chi connectivity index (χ0) is 11.1. The molecule has 0 atom stereocenters. The van der Waals surface area contributed by atoms with Gasteiger partial charge in [0, 0.05) is 15.5 Å². The van der Waals surface area contributed by atoms with Crippen molar-refractivity contribution in [2.75, 3.05) is 12.4 Å². The third kappa shape index (κ3) is 4.00. The van der Waals surface area contributed by atoms with Crippen LogP contribution in [0.25, 0.3) is 0 Å². The van der Waals surface area contributed by atoms with Gasteiger partial charge in [0.05, 0.1) is 13.2 Å². The number of thioether (sulfide) groups is 1. The lowest BCUT2D eigenvalue weighted by Gasteiger charge is -2.02. The normalized spacial score (nSPS) is 10.5. The summed E-state index contributed by atoms with van der Waals surface area (Å²) in [6.07, 6.45) is 0. The van der Waals surface area contributed by atoms with E-state index in [0.29, 0.717) is 0 Å². The van der Waals surface area contributed by atoms with Gasteiger partial charge in [0.25, 0.3) is 0 Å². The van der Waals surface area contributed by atoms with Gasteiger partial charge in [0.2, 0.25) is 0 Å². The molecule has 0 aliphatic heterocycles. The molecule has 0 fully saturated rings. The van der Waals surface area contributed by atoms with Crippen molar-refractivity contribution in [2.45, 2.75) is 11.5 Å². The summed E-state index contributed by atoms with van der Waals surface area (Å²) in [4.78, 5) is 2.60. The zero-order valence-corrected chi connectivity index (χ0v) is 10.6. The van der Waals surface area contributed by atoms with Gasteiger partial charge in [-0.1, -0.05) is 24.3 Å². The molecule has 1 aromatic heterocycles. The Hall–Kier alpha value is -0.770. The fourth-order valence-corrected chi connectivity index (χ4v) is 2.73. The van der Waals surface area contributed by atoms with Crippen LogP contribution in [0, 0.1) is 0 Å². The summed E-state index contributed by atoms with van der Waals surface area (Å²) in [7, 11) is 0. The minimum Gasteiger partial charge on any atom is -0.375 e. The summed E-state index contributed by atoms with van der Waals surface area (Å²) in [5, 5.41) is 2.08. The molecule has 1 aromatic carbocycles. The second-order valence-corrected chi connectivity index (χ2v) is 5.49. The molecule has 16 heavy (non-hydrogen) atoms. The summed E-state index contributed by atoms with van der Waals surface area (Å²) in [6.45, 7) is 1.55. The Balaban J connectivity index is 1.59. The Labute approximate surface area is 104 Å². The van der Waals surface area contributed by atoms with Gasteiger partial charge >= 0.3 is 0 Å². The molecular formula is C13H14OS2. The van der Waals surface area contributed by atoms with E-state index in [1.807, 2.05) is 17.8 Å². The van der Waals surface area contributed by atoms with Gasteiger partial charge in [-0.05, 0) is 23.6 Å². The molecule has 0 saturated heterocycles. The summed E-state index contributed by atoms with van der Waals surface area (Å²) in [6, 6.07) is 14.6. The Morgan fingerprint density at radius 3 is 2.69 bits per heavy atom. The average molecular weight is 250 g/mol. The minimum atomic E-state index is 0.743. The maximum absolute atomic E-state index is 5.59. The van der Waals surface area contributed by atoms with Crippen molar-refractivity contribution >= 4 is 23.1 Å².